The highest BCUT2D eigenvalue weighted by molar-refractivity contribution is 5.27. The van der Waals surface area contributed by atoms with Crippen LogP contribution in [0, 0.1) is 11.3 Å². The van der Waals surface area contributed by atoms with Gasteiger partial charge < -0.3 is 19.6 Å². The zero-order chi connectivity index (χ0) is 18.3. The summed E-state index contributed by atoms with van der Waals surface area (Å²) in [7, 11) is 3.90. The largest absolute Gasteiger partial charge is 0.497 e. The summed E-state index contributed by atoms with van der Waals surface area (Å²) in [5.41, 5.74) is 1.36. The van der Waals surface area contributed by atoms with Crippen molar-refractivity contribution in [3.05, 3.63) is 29.8 Å². The number of benzene rings is 1. The van der Waals surface area contributed by atoms with E-state index in [0.717, 1.165) is 37.7 Å². The lowest BCUT2D eigenvalue weighted by Crippen LogP contribution is -2.43. The Morgan fingerprint density at radius 2 is 2.00 bits per heavy atom. The van der Waals surface area contributed by atoms with Gasteiger partial charge in [-0.3, -0.25) is 0 Å². The Labute approximate surface area is 153 Å². The van der Waals surface area contributed by atoms with E-state index < -0.39 is 0 Å². The quantitative estimate of drug-likeness (QED) is 0.744. The lowest BCUT2D eigenvalue weighted by Gasteiger charge is -2.36. The van der Waals surface area contributed by atoms with E-state index in [1.54, 1.807) is 7.11 Å². The second kappa shape index (κ2) is 9.56. The second-order valence-electron chi connectivity index (χ2n) is 8.43. The van der Waals surface area contributed by atoms with Gasteiger partial charge >= 0.3 is 0 Å². The highest BCUT2D eigenvalue weighted by Gasteiger charge is 2.24. The van der Waals surface area contributed by atoms with Gasteiger partial charge in [0, 0.05) is 38.2 Å². The third-order valence-corrected chi connectivity index (χ3v) is 5.17. The summed E-state index contributed by atoms with van der Waals surface area (Å²) >= 11 is 0. The van der Waals surface area contributed by atoms with Crippen LogP contribution in [0.15, 0.2) is 24.3 Å². The molecule has 1 saturated heterocycles. The SMILES string of the molecule is COc1ccc(CCN2CCC[C@H](CN(C)CC(C)(C)CO)C2)cc1. The van der Waals surface area contributed by atoms with Gasteiger partial charge in [0.1, 0.15) is 5.75 Å². The molecule has 0 radical (unpaired) electrons. The fourth-order valence-corrected chi connectivity index (χ4v) is 3.87. The van der Waals surface area contributed by atoms with Crippen molar-refractivity contribution < 1.29 is 9.84 Å². The maximum atomic E-state index is 9.46. The van der Waals surface area contributed by atoms with Crippen molar-refractivity contribution in [2.75, 3.05) is 53.5 Å². The topological polar surface area (TPSA) is 35.9 Å². The predicted octanol–water partition coefficient (Wildman–Crippen LogP) is 2.90. The molecule has 1 heterocycles. The monoisotopic (exact) mass is 348 g/mol. The van der Waals surface area contributed by atoms with Crippen molar-refractivity contribution >= 4 is 0 Å². The molecule has 0 spiro atoms. The average molecular weight is 349 g/mol. The minimum atomic E-state index is -0.0164. The molecular weight excluding hydrogens is 312 g/mol. The lowest BCUT2D eigenvalue weighted by molar-refractivity contribution is 0.0907. The number of likely N-dealkylation sites (tertiary alicyclic amines) is 1. The Bertz CT molecular complexity index is 501. The van der Waals surface area contributed by atoms with E-state index in [2.05, 4.69) is 42.8 Å². The molecule has 0 saturated carbocycles. The van der Waals surface area contributed by atoms with Crippen molar-refractivity contribution in [3.63, 3.8) is 0 Å². The number of aliphatic hydroxyl groups is 1. The number of rotatable bonds is 9. The zero-order valence-electron chi connectivity index (χ0n) is 16.5. The molecule has 1 N–H and O–H groups in total. The van der Waals surface area contributed by atoms with Gasteiger partial charge in [0.2, 0.25) is 0 Å². The number of methoxy groups -OCH3 is 1. The van der Waals surface area contributed by atoms with Gasteiger partial charge in [0.05, 0.1) is 7.11 Å². The number of hydrogen-bond donors (Lipinski definition) is 1. The van der Waals surface area contributed by atoms with Gasteiger partial charge in [-0.15, -0.1) is 0 Å². The highest BCUT2D eigenvalue weighted by Crippen LogP contribution is 2.21. The summed E-state index contributed by atoms with van der Waals surface area (Å²) in [5.74, 6) is 1.67. The number of hydrogen-bond acceptors (Lipinski definition) is 4. The summed E-state index contributed by atoms with van der Waals surface area (Å²) in [4.78, 5) is 5.01. The molecule has 4 heteroatoms. The van der Waals surface area contributed by atoms with Crippen molar-refractivity contribution in [2.24, 2.45) is 11.3 Å². The second-order valence-corrected chi connectivity index (χ2v) is 8.43. The Morgan fingerprint density at radius 3 is 2.64 bits per heavy atom. The molecular formula is C21H36N2O2. The van der Waals surface area contributed by atoms with Gasteiger partial charge in [-0.2, -0.15) is 0 Å². The first kappa shape index (κ1) is 20.2. The van der Waals surface area contributed by atoms with Crippen LogP contribution in [-0.2, 0) is 6.42 Å². The molecule has 0 aliphatic carbocycles. The first-order chi connectivity index (χ1) is 11.9. The van der Waals surface area contributed by atoms with Gasteiger partial charge in [-0.05, 0) is 56.5 Å². The standard InChI is InChI=1S/C21H36N2O2/c1-21(2,17-24)16-22(3)14-19-6-5-12-23(15-19)13-11-18-7-9-20(25-4)10-8-18/h7-10,19,24H,5-6,11-17H2,1-4H3/t19-/m1/s1. The maximum Gasteiger partial charge on any atom is 0.118 e. The number of aliphatic hydroxyl groups excluding tert-OH is 1. The smallest absolute Gasteiger partial charge is 0.118 e. The number of nitrogens with zero attached hydrogens (tertiary/aromatic N) is 2. The molecule has 1 aliphatic heterocycles. The van der Waals surface area contributed by atoms with E-state index in [-0.39, 0.29) is 12.0 Å². The average Bonchev–Trinajstić information content (AvgIpc) is 2.60. The van der Waals surface area contributed by atoms with Crippen LogP contribution in [0.3, 0.4) is 0 Å². The van der Waals surface area contributed by atoms with Crippen LogP contribution in [-0.4, -0.2) is 68.4 Å². The van der Waals surface area contributed by atoms with E-state index in [0.29, 0.717) is 0 Å². The molecule has 2 rings (SSSR count). The van der Waals surface area contributed by atoms with Gasteiger partial charge in [-0.25, -0.2) is 0 Å². The molecule has 1 aromatic carbocycles. The van der Waals surface area contributed by atoms with E-state index in [4.69, 9.17) is 4.74 Å². The fraction of sp³-hybridized carbons (Fsp3) is 0.714. The fourth-order valence-electron chi connectivity index (χ4n) is 3.87. The molecule has 1 atom stereocenters. The van der Waals surface area contributed by atoms with Crippen LogP contribution in [0.1, 0.15) is 32.3 Å². The molecule has 1 aliphatic rings. The predicted molar refractivity (Wildman–Crippen MR) is 104 cm³/mol. The van der Waals surface area contributed by atoms with E-state index in [1.807, 2.05) is 12.1 Å². The Morgan fingerprint density at radius 1 is 1.28 bits per heavy atom. The van der Waals surface area contributed by atoms with Crippen molar-refractivity contribution in [2.45, 2.75) is 33.1 Å². The molecule has 0 amide bonds. The van der Waals surface area contributed by atoms with Crippen LogP contribution in [0.5, 0.6) is 5.75 Å². The summed E-state index contributed by atoms with van der Waals surface area (Å²) in [6, 6.07) is 8.44. The lowest BCUT2D eigenvalue weighted by atomic mass is 9.92. The zero-order valence-corrected chi connectivity index (χ0v) is 16.5. The van der Waals surface area contributed by atoms with E-state index in [1.165, 1.54) is 31.5 Å². The summed E-state index contributed by atoms with van der Waals surface area (Å²) in [5, 5.41) is 9.46. The van der Waals surface area contributed by atoms with Crippen molar-refractivity contribution in [1.82, 2.24) is 9.80 Å². The minimum Gasteiger partial charge on any atom is -0.497 e. The van der Waals surface area contributed by atoms with Gasteiger partial charge in [0.15, 0.2) is 0 Å². The molecule has 1 fully saturated rings. The van der Waals surface area contributed by atoms with Crippen LogP contribution in [0.25, 0.3) is 0 Å². The van der Waals surface area contributed by atoms with Gasteiger partial charge in [0.25, 0.3) is 0 Å². The van der Waals surface area contributed by atoms with Crippen molar-refractivity contribution in [1.29, 1.82) is 0 Å². The third-order valence-electron chi connectivity index (χ3n) is 5.17. The molecule has 1 aromatic rings. The summed E-state index contributed by atoms with van der Waals surface area (Å²) < 4.78 is 5.23. The highest BCUT2D eigenvalue weighted by atomic mass is 16.5. The summed E-state index contributed by atoms with van der Waals surface area (Å²) in [6.07, 6.45) is 3.72. The van der Waals surface area contributed by atoms with E-state index in [9.17, 15) is 5.11 Å². The Kier molecular flexibility index (Phi) is 7.73. The molecule has 4 nitrogen and oxygen atoms in total. The van der Waals surface area contributed by atoms with Crippen LogP contribution in [0.2, 0.25) is 0 Å². The normalized spacial score (nSPS) is 19.4. The van der Waals surface area contributed by atoms with E-state index >= 15 is 0 Å². The maximum absolute atomic E-state index is 9.46. The van der Waals surface area contributed by atoms with Crippen molar-refractivity contribution in [3.8, 4) is 5.75 Å². The van der Waals surface area contributed by atoms with Crippen LogP contribution in [0.4, 0.5) is 0 Å². The summed E-state index contributed by atoms with van der Waals surface area (Å²) in [6.45, 7) is 10.1. The molecule has 0 unspecified atom stereocenters. The minimum absolute atomic E-state index is 0.0164. The molecule has 0 bridgehead atoms. The first-order valence-corrected chi connectivity index (χ1v) is 9.56. The third kappa shape index (κ3) is 6.96. The van der Waals surface area contributed by atoms with Crippen LogP contribution >= 0.6 is 0 Å². The molecule has 25 heavy (non-hydrogen) atoms. The molecule has 0 aromatic heterocycles. The van der Waals surface area contributed by atoms with Crippen LogP contribution < -0.4 is 4.74 Å². The molecule has 142 valence electrons. The Hall–Kier alpha value is -1.10. The number of ether oxygens (including phenoxy) is 1. The first-order valence-electron chi connectivity index (χ1n) is 9.56. The number of piperidine rings is 1. The Balaban J connectivity index is 1.76. The van der Waals surface area contributed by atoms with Gasteiger partial charge in [-0.1, -0.05) is 26.0 Å².